The largest absolute Gasteiger partial charge is 0.367 e. The lowest BCUT2D eigenvalue weighted by atomic mass is 10.1. The molecular weight excluding hydrogens is 224 g/mol. The van der Waals surface area contributed by atoms with E-state index in [1.165, 1.54) is 5.56 Å². The number of hydrogen-bond acceptors (Lipinski definition) is 2. The molecule has 0 saturated carbocycles. The van der Waals surface area contributed by atoms with Crippen LogP contribution >= 0.6 is 0 Å². The number of anilines is 1. The number of aryl methyl sites for hydroxylation is 1. The summed E-state index contributed by atoms with van der Waals surface area (Å²) in [4.78, 5) is 16.8. The zero-order chi connectivity index (χ0) is 13.0. The van der Waals surface area contributed by atoms with Gasteiger partial charge in [0.1, 0.15) is 0 Å². The van der Waals surface area contributed by atoms with Crippen LogP contribution in [0.3, 0.4) is 0 Å². The molecule has 0 saturated heterocycles. The Bertz CT molecular complexity index is 500. The predicted molar refractivity (Wildman–Crippen MR) is 74.2 cm³/mol. The van der Waals surface area contributed by atoms with E-state index in [9.17, 15) is 4.79 Å². The van der Waals surface area contributed by atoms with Crippen LogP contribution in [0.5, 0.6) is 0 Å². The standard InChI is InChI=1S/C15H18N2O/c1-3-12-6-8-13(9-7-12)17(2)11-15(18)14-5-4-10-16-14/h4-10,16H,3,11H2,1-2H3. The highest BCUT2D eigenvalue weighted by atomic mass is 16.1. The predicted octanol–water partition coefficient (Wildman–Crippen LogP) is 2.90. The highest BCUT2D eigenvalue weighted by molar-refractivity contribution is 5.97. The number of aromatic amines is 1. The third-order valence-electron chi connectivity index (χ3n) is 3.06. The molecule has 3 heteroatoms. The van der Waals surface area contributed by atoms with Crippen molar-refractivity contribution >= 4 is 11.5 Å². The van der Waals surface area contributed by atoms with Gasteiger partial charge in [0.05, 0.1) is 12.2 Å². The van der Waals surface area contributed by atoms with Crippen molar-refractivity contribution in [1.29, 1.82) is 0 Å². The van der Waals surface area contributed by atoms with E-state index in [2.05, 4.69) is 36.2 Å². The minimum Gasteiger partial charge on any atom is -0.367 e. The van der Waals surface area contributed by atoms with Gasteiger partial charge < -0.3 is 9.88 Å². The number of carbonyl (C=O) groups excluding carboxylic acids is 1. The molecule has 0 amide bonds. The number of hydrogen-bond donors (Lipinski definition) is 1. The molecule has 3 nitrogen and oxygen atoms in total. The number of Topliss-reactive ketones (excluding diaryl/α,β-unsaturated/α-hetero) is 1. The van der Waals surface area contributed by atoms with E-state index in [1.807, 2.05) is 18.0 Å². The van der Waals surface area contributed by atoms with Crippen molar-refractivity contribution in [2.24, 2.45) is 0 Å². The molecule has 1 heterocycles. The van der Waals surface area contributed by atoms with Gasteiger partial charge >= 0.3 is 0 Å². The van der Waals surface area contributed by atoms with Crippen LogP contribution in [-0.4, -0.2) is 24.4 Å². The number of rotatable bonds is 5. The summed E-state index contributed by atoms with van der Waals surface area (Å²) in [6.45, 7) is 2.51. The summed E-state index contributed by atoms with van der Waals surface area (Å²) in [6, 6.07) is 12.0. The Morgan fingerprint density at radius 3 is 2.50 bits per heavy atom. The average Bonchev–Trinajstić information content (AvgIpc) is 2.92. The maximum atomic E-state index is 11.9. The zero-order valence-corrected chi connectivity index (χ0v) is 10.8. The van der Waals surface area contributed by atoms with Gasteiger partial charge in [0.25, 0.3) is 0 Å². The molecule has 0 unspecified atom stereocenters. The quantitative estimate of drug-likeness (QED) is 0.818. The van der Waals surface area contributed by atoms with E-state index >= 15 is 0 Å². The second-order valence-electron chi connectivity index (χ2n) is 4.38. The Balaban J connectivity index is 2.02. The normalized spacial score (nSPS) is 10.3. The highest BCUT2D eigenvalue weighted by Gasteiger charge is 2.10. The first-order valence-electron chi connectivity index (χ1n) is 6.17. The number of aromatic nitrogens is 1. The molecule has 0 bridgehead atoms. The van der Waals surface area contributed by atoms with Crippen molar-refractivity contribution in [2.75, 3.05) is 18.5 Å². The Labute approximate surface area is 107 Å². The van der Waals surface area contributed by atoms with Crippen LogP contribution in [0.25, 0.3) is 0 Å². The van der Waals surface area contributed by atoms with Crippen molar-refractivity contribution in [3.8, 4) is 0 Å². The van der Waals surface area contributed by atoms with Gasteiger partial charge in [0.15, 0.2) is 5.78 Å². The van der Waals surface area contributed by atoms with Crippen LogP contribution < -0.4 is 4.90 Å². The number of carbonyl (C=O) groups is 1. The fourth-order valence-electron chi connectivity index (χ4n) is 1.88. The summed E-state index contributed by atoms with van der Waals surface area (Å²) in [5, 5.41) is 0. The van der Waals surface area contributed by atoms with Crippen LogP contribution in [0.1, 0.15) is 23.0 Å². The molecule has 1 aromatic carbocycles. The Morgan fingerprint density at radius 2 is 1.94 bits per heavy atom. The molecule has 94 valence electrons. The Morgan fingerprint density at radius 1 is 1.22 bits per heavy atom. The van der Waals surface area contributed by atoms with Crippen molar-refractivity contribution in [3.63, 3.8) is 0 Å². The zero-order valence-electron chi connectivity index (χ0n) is 10.8. The van der Waals surface area contributed by atoms with Gasteiger partial charge in [-0.05, 0) is 36.2 Å². The summed E-state index contributed by atoms with van der Waals surface area (Å²) in [5.74, 6) is 0.0991. The molecule has 0 aliphatic heterocycles. The van der Waals surface area contributed by atoms with Gasteiger partial charge in [-0.15, -0.1) is 0 Å². The molecule has 0 aliphatic carbocycles. The molecule has 1 aromatic heterocycles. The van der Waals surface area contributed by atoms with Crippen LogP contribution in [-0.2, 0) is 6.42 Å². The van der Waals surface area contributed by atoms with Crippen molar-refractivity contribution in [2.45, 2.75) is 13.3 Å². The first-order valence-corrected chi connectivity index (χ1v) is 6.17. The first kappa shape index (κ1) is 12.4. The molecule has 0 radical (unpaired) electrons. The molecule has 18 heavy (non-hydrogen) atoms. The van der Waals surface area contributed by atoms with Crippen molar-refractivity contribution in [1.82, 2.24) is 4.98 Å². The lowest BCUT2D eigenvalue weighted by molar-refractivity contribution is 0.0996. The molecule has 0 spiro atoms. The first-order chi connectivity index (χ1) is 8.70. The second-order valence-corrected chi connectivity index (χ2v) is 4.38. The van der Waals surface area contributed by atoms with Gasteiger partial charge in [0, 0.05) is 18.9 Å². The highest BCUT2D eigenvalue weighted by Crippen LogP contribution is 2.14. The third-order valence-corrected chi connectivity index (χ3v) is 3.06. The van der Waals surface area contributed by atoms with E-state index in [-0.39, 0.29) is 5.78 Å². The number of nitrogens with zero attached hydrogens (tertiary/aromatic N) is 1. The van der Waals surface area contributed by atoms with E-state index in [0.29, 0.717) is 12.2 Å². The maximum absolute atomic E-state index is 11.9. The summed E-state index contributed by atoms with van der Waals surface area (Å²) in [7, 11) is 1.93. The number of ketones is 1. The molecular formula is C15H18N2O. The summed E-state index contributed by atoms with van der Waals surface area (Å²) < 4.78 is 0. The number of H-pyrrole nitrogens is 1. The van der Waals surface area contributed by atoms with Gasteiger partial charge in [-0.2, -0.15) is 0 Å². The minimum atomic E-state index is 0.0991. The number of nitrogens with one attached hydrogen (secondary N) is 1. The van der Waals surface area contributed by atoms with Crippen LogP contribution in [0.4, 0.5) is 5.69 Å². The van der Waals surface area contributed by atoms with Gasteiger partial charge in [-0.3, -0.25) is 4.79 Å². The smallest absolute Gasteiger partial charge is 0.198 e. The Hall–Kier alpha value is -2.03. The Kier molecular flexibility index (Phi) is 3.82. The topological polar surface area (TPSA) is 36.1 Å². The lowest BCUT2D eigenvalue weighted by Crippen LogP contribution is -2.25. The van der Waals surface area contributed by atoms with Crippen LogP contribution in [0, 0.1) is 0 Å². The third kappa shape index (κ3) is 2.80. The van der Waals surface area contributed by atoms with E-state index < -0.39 is 0 Å². The molecule has 0 fully saturated rings. The van der Waals surface area contributed by atoms with Crippen molar-refractivity contribution < 1.29 is 4.79 Å². The fraction of sp³-hybridized carbons (Fsp3) is 0.267. The van der Waals surface area contributed by atoms with E-state index in [0.717, 1.165) is 12.1 Å². The van der Waals surface area contributed by atoms with Gasteiger partial charge in [0.2, 0.25) is 0 Å². The summed E-state index contributed by atoms with van der Waals surface area (Å²) in [6.07, 6.45) is 2.80. The second kappa shape index (κ2) is 5.54. The molecule has 1 N–H and O–H groups in total. The fourth-order valence-corrected chi connectivity index (χ4v) is 1.88. The minimum absolute atomic E-state index is 0.0991. The lowest BCUT2D eigenvalue weighted by Gasteiger charge is -2.18. The van der Waals surface area contributed by atoms with Crippen LogP contribution in [0.2, 0.25) is 0 Å². The number of benzene rings is 1. The van der Waals surface area contributed by atoms with Gasteiger partial charge in [-0.1, -0.05) is 19.1 Å². The maximum Gasteiger partial charge on any atom is 0.198 e. The van der Waals surface area contributed by atoms with E-state index in [4.69, 9.17) is 0 Å². The SMILES string of the molecule is CCc1ccc(N(C)CC(=O)c2ccc[nH]2)cc1. The molecule has 0 atom stereocenters. The monoisotopic (exact) mass is 242 g/mol. The van der Waals surface area contributed by atoms with Crippen LogP contribution in [0.15, 0.2) is 42.6 Å². The molecule has 2 aromatic rings. The van der Waals surface area contributed by atoms with Crippen molar-refractivity contribution in [3.05, 3.63) is 53.9 Å². The summed E-state index contributed by atoms with van der Waals surface area (Å²) in [5.41, 5.74) is 3.03. The summed E-state index contributed by atoms with van der Waals surface area (Å²) >= 11 is 0. The molecule has 2 rings (SSSR count). The van der Waals surface area contributed by atoms with E-state index in [1.54, 1.807) is 12.3 Å². The van der Waals surface area contributed by atoms with Gasteiger partial charge in [-0.25, -0.2) is 0 Å². The average molecular weight is 242 g/mol. The number of likely N-dealkylation sites (N-methyl/N-ethyl adjacent to an activating group) is 1. The molecule has 0 aliphatic rings.